The zero-order valence-electron chi connectivity index (χ0n) is 22.7. The van der Waals surface area contributed by atoms with Crippen molar-refractivity contribution in [3.8, 4) is 11.6 Å². The highest BCUT2D eigenvalue weighted by molar-refractivity contribution is 6.36. The molecule has 6 rings (SSSR count). The van der Waals surface area contributed by atoms with Crippen LogP contribution in [0.2, 0.25) is 5.02 Å². The van der Waals surface area contributed by atoms with E-state index in [0.717, 1.165) is 33.3 Å². The SMILES string of the molecule is COc1nc2c(C)cc(C(O)(c3cccn3C)c3cncn3C)cc2c(Cl)c1Cc1ccc(-n2cccn2)cc1. The summed E-state index contributed by atoms with van der Waals surface area (Å²) in [6.07, 6.45) is 9.48. The maximum absolute atomic E-state index is 12.5. The van der Waals surface area contributed by atoms with Gasteiger partial charge in [-0.05, 0) is 60.0 Å². The fraction of sp³-hybridized carbons (Fsp3) is 0.194. The molecule has 0 spiro atoms. The minimum absolute atomic E-state index is 0.480. The van der Waals surface area contributed by atoms with Crippen LogP contribution in [-0.4, -0.2) is 41.1 Å². The number of pyridine rings is 1. The van der Waals surface area contributed by atoms with E-state index in [1.54, 1.807) is 25.8 Å². The molecule has 0 saturated heterocycles. The van der Waals surface area contributed by atoms with Crippen LogP contribution < -0.4 is 4.74 Å². The molecule has 0 aliphatic carbocycles. The first-order chi connectivity index (χ1) is 19.3. The van der Waals surface area contributed by atoms with Crippen molar-refractivity contribution >= 4 is 22.5 Å². The maximum Gasteiger partial charge on any atom is 0.218 e. The fourth-order valence-electron chi connectivity index (χ4n) is 5.41. The summed E-state index contributed by atoms with van der Waals surface area (Å²) in [5, 5.41) is 18.1. The molecule has 2 aromatic carbocycles. The number of aliphatic hydroxyl groups is 1. The number of aromatic nitrogens is 6. The minimum Gasteiger partial charge on any atom is -0.481 e. The van der Waals surface area contributed by atoms with Gasteiger partial charge in [0.15, 0.2) is 5.60 Å². The Morgan fingerprint density at radius 1 is 1.00 bits per heavy atom. The molecule has 6 aromatic rings. The number of nitrogens with zero attached hydrogens (tertiary/aromatic N) is 6. The monoisotopic (exact) mass is 552 g/mol. The van der Waals surface area contributed by atoms with Gasteiger partial charge in [0.05, 0.1) is 47.2 Å². The highest BCUT2D eigenvalue weighted by Gasteiger charge is 2.39. The van der Waals surface area contributed by atoms with E-state index in [2.05, 4.69) is 22.2 Å². The normalized spacial score (nSPS) is 13.1. The van der Waals surface area contributed by atoms with Crippen LogP contribution >= 0.6 is 11.6 Å². The van der Waals surface area contributed by atoms with E-state index in [4.69, 9.17) is 21.3 Å². The molecule has 202 valence electrons. The number of imidazole rings is 1. The van der Waals surface area contributed by atoms with Crippen LogP contribution in [0.3, 0.4) is 0 Å². The lowest BCUT2D eigenvalue weighted by Crippen LogP contribution is -2.33. The third-order valence-corrected chi connectivity index (χ3v) is 7.90. The van der Waals surface area contributed by atoms with Crippen molar-refractivity contribution in [2.45, 2.75) is 18.9 Å². The molecule has 9 heteroatoms. The van der Waals surface area contributed by atoms with Gasteiger partial charge in [0, 0.05) is 50.1 Å². The highest BCUT2D eigenvalue weighted by atomic mass is 35.5. The second-order valence-corrected chi connectivity index (χ2v) is 10.4. The molecule has 1 atom stereocenters. The summed E-state index contributed by atoms with van der Waals surface area (Å²) in [5.41, 5.74) is 4.95. The molecular formula is C31H29ClN6O2. The Morgan fingerprint density at radius 3 is 2.42 bits per heavy atom. The number of hydrogen-bond acceptors (Lipinski definition) is 5. The van der Waals surface area contributed by atoms with Gasteiger partial charge >= 0.3 is 0 Å². The van der Waals surface area contributed by atoms with Gasteiger partial charge in [-0.2, -0.15) is 5.10 Å². The van der Waals surface area contributed by atoms with Crippen LogP contribution in [0.15, 0.2) is 85.7 Å². The molecule has 1 N–H and O–H groups in total. The van der Waals surface area contributed by atoms with Crippen molar-refractivity contribution in [3.63, 3.8) is 0 Å². The average molecular weight is 553 g/mol. The predicted molar refractivity (Wildman–Crippen MR) is 155 cm³/mol. The lowest BCUT2D eigenvalue weighted by molar-refractivity contribution is 0.109. The number of rotatable bonds is 7. The van der Waals surface area contributed by atoms with E-state index in [-0.39, 0.29) is 0 Å². The first kappa shape index (κ1) is 25.9. The summed E-state index contributed by atoms with van der Waals surface area (Å²) < 4.78 is 11.3. The van der Waals surface area contributed by atoms with Crippen LogP contribution in [0, 0.1) is 6.92 Å². The summed E-state index contributed by atoms with van der Waals surface area (Å²) >= 11 is 7.16. The predicted octanol–water partition coefficient (Wildman–Crippen LogP) is 5.34. The standard InChI is InChI=1S/C31H29ClN6O2/c1-20-15-22(31(39,26-7-5-13-36(26)2)27-18-33-19-37(27)3)17-24-28(32)25(30(40-4)35-29(20)24)16-21-8-10-23(11-9-21)38-14-6-12-34-38/h5-15,17-19,39H,16H2,1-4H3. The van der Waals surface area contributed by atoms with E-state index in [1.165, 1.54) is 0 Å². The Bertz CT molecular complexity index is 1780. The molecule has 0 amide bonds. The zero-order valence-corrected chi connectivity index (χ0v) is 23.5. The van der Waals surface area contributed by atoms with Gasteiger partial charge in [0.1, 0.15) is 0 Å². The van der Waals surface area contributed by atoms with Crippen molar-refractivity contribution in [2.75, 3.05) is 7.11 Å². The van der Waals surface area contributed by atoms with E-state index in [0.29, 0.717) is 34.3 Å². The van der Waals surface area contributed by atoms with Crippen LogP contribution in [0.4, 0.5) is 0 Å². The third kappa shape index (κ3) is 4.16. The van der Waals surface area contributed by atoms with E-state index >= 15 is 0 Å². The van der Waals surface area contributed by atoms with Crippen LogP contribution in [0.1, 0.15) is 33.6 Å². The summed E-state index contributed by atoms with van der Waals surface area (Å²) in [6, 6.07) is 17.8. The lowest BCUT2D eigenvalue weighted by Gasteiger charge is -2.30. The average Bonchev–Trinajstić information content (AvgIpc) is 3.73. The Kier molecular flexibility index (Phi) is 6.44. The van der Waals surface area contributed by atoms with Crippen molar-refractivity contribution in [2.24, 2.45) is 14.1 Å². The minimum atomic E-state index is -1.48. The van der Waals surface area contributed by atoms with Crippen molar-refractivity contribution < 1.29 is 9.84 Å². The van der Waals surface area contributed by atoms with Gasteiger partial charge in [-0.1, -0.05) is 29.8 Å². The molecule has 1 unspecified atom stereocenters. The van der Waals surface area contributed by atoms with Crippen molar-refractivity contribution in [3.05, 3.63) is 124 Å². The molecule has 0 aliphatic rings. The molecular weight excluding hydrogens is 524 g/mol. The summed E-state index contributed by atoms with van der Waals surface area (Å²) in [4.78, 5) is 9.16. The van der Waals surface area contributed by atoms with E-state index in [1.807, 2.05) is 89.7 Å². The number of benzene rings is 2. The van der Waals surface area contributed by atoms with Crippen LogP contribution in [0.5, 0.6) is 5.88 Å². The van der Waals surface area contributed by atoms with E-state index in [9.17, 15) is 5.11 Å². The number of halogens is 1. The lowest BCUT2D eigenvalue weighted by atomic mass is 9.85. The number of hydrogen-bond donors (Lipinski definition) is 1. The second-order valence-electron chi connectivity index (χ2n) is 10.0. The molecule has 0 saturated carbocycles. The van der Waals surface area contributed by atoms with Gasteiger partial charge in [-0.15, -0.1) is 0 Å². The molecule has 0 aliphatic heterocycles. The zero-order chi connectivity index (χ0) is 28.0. The molecule has 40 heavy (non-hydrogen) atoms. The summed E-state index contributed by atoms with van der Waals surface area (Å²) in [7, 11) is 5.40. The van der Waals surface area contributed by atoms with Crippen molar-refractivity contribution in [1.82, 2.24) is 28.9 Å². The number of fused-ring (bicyclic) bond motifs is 1. The van der Waals surface area contributed by atoms with Gasteiger partial charge < -0.3 is 19.0 Å². The van der Waals surface area contributed by atoms with Gasteiger partial charge in [0.2, 0.25) is 5.88 Å². The Morgan fingerprint density at radius 2 is 1.80 bits per heavy atom. The summed E-state index contributed by atoms with van der Waals surface area (Å²) in [6.45, 7) is 1.97. The molecule has 4 aromatic heterocycles. The summed E-state index contributed by atoms with van der Waals surface area (Å²) in [5.74, 6) is 0.480. The molecule has 8 nitrogen and oxygen atoms in total. The Labute approximate surface area is 237 Å². The Hall–Kier alpha value is -4.40. The smallest absolute Gasteiger partial charge is 0.218 e. The molecule has 0 bridgehead atoms. The largest absolute Gasteiger partial charge is 0.481 e. The first-order valence-corrected chi connectivity index (χ1v) is 13.3. The molecule has 4 heterocycles. The second kappa shape index (κ2) is 9.97. The molecule has 0 fully saturated rings. The quantitative estimate of drug-likeness (QED) is 0.289. The fourth-order valence-corrected chi connectivity index (χ4v) is 5.71. The van der Waals surface area contributed by atoms with E-state index < -0.39 is 5.60 Å². The van der Waals surface area contributed by atoms with Crippen LogP contribution in [0.25, 0.3) is 16.6 Å². The first-order valence-electron chi connectivity index (χ1n) is 12.9. The number of aryl methyl sites for hydroxylation is 3. The number of methoxy groups -OCH3 is 1. The van der Waals surface area contributed by atoms with Gasteiger partial charge in [0.25, 0.3) is 0 Å². The Balaban J connectivity index is 1.50. The molecule has 0 radical (unpaired) electrons. The maximum atomic E-state index is 12.5. The number of ether oxygens (including phenoxy) is 1. The van der Waals surface area contributed by atoms with Gasteiger partial charge in [-0.25, -0.2) is 14.6 Å². The van der Waals surface area contributed by atoms with Crippen LogP contribution in [-0.2, 0) is 26.1 Å². The van der Waals surface area contributed by atoms with Crippen molar-refractivity contribution in [1.29, 1.82) is 0 Å². The van der Waals surface area contributed by atoms with Gasteiger partial charge in [-0.3, -0.25) is 0 Å². The topological polar surface area (TPSA) is 82.9 Å². The third-order valence-electron chi connectivity index (χ3n) is 7.47. The highest BCUT2D eigenvalue weighted by Crippen LogP contribution is 2.41.